The van der Waals surface area contributed by atoms with E-state index in [1.807, 2.05) is 45.8 Å². The van der Waals surface area contributed by atoms with Gasteiger partial charge in [0.05, 0.1) is 36.5 Å². The van der Waals surface area contributed by atoms with Crippen molar-refractivity contribution < 1.29 is 28.9 Å². The summed E-state index contributed by atoms with van der Waals surface area (Å²) in [6, 6.07) is 5.21. The van der Waals surface area contributed by atoms with Gasteiger partial charge < -0.3 is 29.5 Å². The number of nitrogens with zero attached hydrogens (tertiary/aromatic N) is 3. The predicted molar refractivity (Wildman–Crippen MR) is 132 cm³/mol. The second-order valence-electron chi connectivity index (χ2n) is 8.50. The molecule has 0 spiro atoms. The van der Waals surface area contributed by atoms with Crippen molar-refractivity contribution in [3.63, 3.8) is 0 Å². The first-order valence-electron chi connectivity index (χ1n) is 11.8. The number of alkyl halides is 1. The van der Waals surface area contributed by atoms with Crippen molar-refractivity contribution in [2.45, 2.75) is 40.0 Å². The van der Waals surface area contributed by atoms with Crippen LogP contribution < -0.4 is 0 Å². The highest BCUT2D eigenvalue weighted by Gasteiger charge is 2.37. The molecule has 1 unspecified atom stereocenters. The Bertz CT molecular complexity index is 1150. The number of esters is 1. The SMILES string of the molecule is CC.CC1=C(/C=C2/c3nc4ccc(O)c(CN(C)C)c4cc3C(OCCO)N2CF)CC(=O)OC1. The summed E-state index contributed by atoms with van der Waals surface area (Å²) in [5.41, 5.74) is 4.71. The lowest BCUT2D eigenvalue weighted by Crippen LogP contribution is -2.24. The van der Waals surface area contributed by atoms with E-state index in [-0.39, 0.29) is 38.0 Å². The molecule has 2 N–H and O–H groups in total. The number of rotatable bonds is 7. The molecule has 9 heteroatoms. The van der Waals surface area contributed by atoms with Crippen LogP contribution in [0, 0.1) is 0 Å². The van der Waals surface area contributed by atoms with Gasteiger partial charge in [-0.25, -0.2) is 9.37 Å². The molecule has 1 atom stereocenters. The molecule has 3 heterocycles. The highest BCUT2D eigenvalue weighted by Crippen LogP contribution is 2.44. The average molecular weight is 488 g/mol. The van der Waals surface area contributed by atoms with Crippen molar-refractivity contribution in [1.29, 1.82) is 0 Å². The van der Waals surface area contributed by atoms with E-state index in [0.29, 0.717) is 34.6 Å². The number of aliphatic hydroxyl groups is 1. The van der Waals surface area contributed by atoms with Crippen LogP contribution in [0.15, 0.2) is 35.4 Å². The summed E-state index contributed by atoms with van der Waals surface area (Å²) in [6.07, 6.45) is 1.07. The number of aromatic nitrogens is 1. The lowest BCUT2D eigenvalue weighted by atomic mass is 10.0. The second-order valence-corrected chi connectivity index (χ2v) is 8.50. The molecule has 35 heavy (non-hydrogen) atoms. The zero-order chi connectivity index (χ0) is 25.7. The summed E-state index contributed by atoms with van der Waals surface area (Å²) in [7, 11) is 3.81. The number of hydrogen-bond donors (Lipinski definition) is 2. The Hall–Kier alpha value is -3.01. The first kappa shape index (κ1) is 26.6. The zero-order valence-electron chi connectivity index (χ0n) is 21.0. The lowest BCUT2D eigenvalue weighted by Gasteiger charge is -2.25. The van der Waals surface area contributed by atoms with E-state index in [1.165, 1.54) is 4.90 Å². The maximum atomic E-state index is 14.3. The maximum Gasteiger partial charge on any atom is 0.310 e. The van der Waals surface area contributed by atoms with Crippen LogP contribution in [0.4, 0.5) is 4.39 Å². The van der Waals surface area contributed by atoms with Crippen molar-refractivity contribution in [1.82, 2.24) is 14.8 Å². The number of phenolic OH excluding ortho intramolecular Hbond substituents is 1. The molecule has 0 bridgehead atoms. The lowest BCUT2D eigenvalue weighted by molar-refractivity contribution is -0.142. The van der Waals surface area contributed by atoms with Crippen LogP contribution >= 0.6 is 0 Å². The Kier molecular flexibility index (Phi) is 8.82. The third-order valence-electron chi connectivity index (χ3n) is 5.83. The van der Waals surface area contributed by atoms with Gasteiger partial charge in [0.25, 0.3) is 0 Å². The van der Waals surface area contributed by atoms with Gasteiger partial charge in [-0.15, -0.1) is 0 Å². The largest absolute Gasteiger partial charge is 0.508 e. The van der Waals surface area contributed by atoms with Gasteiger partial charge in [0.15, 0.2) is 13.0 Å². The van der Waals surface area contributed by atoms with Crippen LogP contribution in [0.3, 0.4) is 0 Å². The summed E-state index contributed by atoms with van der Waals surface area (Å²) >= 11 is 0. The summed E-state index contributed by atoms with van der Waals surface area (Å²) < 4.78 is 25.3. The van der Waals surface area contributed by atoms with E-state index in [4.69, 9.17) is 14.5 Å². The molecular formula is C26H34FN3O5. The molecule has 2 aromatic rings. The molecule has 0 radical (unpaired) electrons. The molecular weight excluding hydrogens is 453 g/mol. The number of allylic oxidation sites excluding steroid dienone is 1. The van der Waals surface area contributed by atoms with E-state index in [9.17, 15) is 19.4 Å². The minimum absolute atomic E-state index is 0.0184. The van der Waals surface area contributed by atoms with Gasteiger partial charge in [-0.05, 0) is 56.4 Å². The number of pyridine rings is 1. The molecule has 0 aliphatic carbocycles. The quantitative estimate of drug-likeness (QED) is 0.449. The standard InChI is InChI=1S/C24H28FN3O5.C2H6/c1-14-12-33-22(31)9-15(14)8-20-23-17(24(28(20)13-25)32-7-6-29)10-16-18(11-27(2)3)21(30)5-4-19(16)26-23;1-2/h4-5,8,10,24,29-30H,6-7,9,11-13H2,1-3H3;1-2H3/b20-8-;. The highest BCUT2D eigenvalue weighted by molar-refractivity contribution is 5.89. The van der Waals surface area contributed by atoms with Crippen molar-refractivity contribution >= 4 is 22.6 Å². The number of carbonyl (C=O) groups excluding carboxylic acids is 1. The van der Waals surface area contributed by atoms with Crippen LogP contribution in [0.2, 0.25) is 0 Å². The van der Waals surface area contributed by atoms with Crippen LogP contribution in [-0.2, 0) is 20.8 Å². The molecule has 4 rings (SSSR count). The van der Waals surface area contributed by atoms with E-state index >= 15 is 0 Å². The molecule has 1 aromatic carbocycles. The number of fused-ring (bicyclic) bond motifs is 2. The molecule has 190 valence electrons. The smallest absolute Gasteiger partial charge is 0.310 e. The van der Waals surface area contributed by atoms with Crippen LogP contribution in [-0.4, -0.2) is 71.7 Å². The molecule has 0 saturated carbocycles. The second kappa shape index (κ2) is 11.6. The van der Waals surface area contributed by atoms with Crippen LogP contribution in [0.5, 0.6) is 5.75 Å². The highest BCUT2D eigenvalue weighted by atomic mass is 19.1. The fourth-order valence-electron chi connectivity index (χ4n) is 4.21. The number of aliphatic hydroxyl groups excluding tert-OH is 1. The third-order valence-corrected chi connectivity index (χ3v) is 5.83. The molecule has 0 amide bonds. The Morgan fingerprint density at radius 1 is 1.34 bits per heavy atom. The Balaban J connectivity index is 0.00000167. The summed E-state index contributed by atoms with van der Waals surface area (Å²) in [6.45, 7) is 5.53. The Labute approximate surface area is 205 Å². The van der Waals surface area contributed by atoms with Gasteiger partial charge in [-0.3, -0.25) is 4.79 Å². The summed E-state index contributed by atoms with van der Waals surface area (Å²) in [4.78, 5) is 20.1. The number of cyclic esters (lactones) is 1. The molecule has 2 aliphatic rings. The molecule has 1 aromatic heterocycles. The summed E-state index contributed by atoms with van der Waals surface area (Å²) in [5.74, 6) is -0.177. The van der Waals surface area contributed by atoms with Gasteiger partial charge >= 0.3 is 5.97 Å². The van der Waals surface area contributed by atoms with E-state index in [1.54, 1.807) is 18.2 Å². The first-order valence-corrected chi connectivity index (χ1v) is 11.8. The maximum absolute atomic E-state index is 14.3. The van der Waals surface area contributed by atoms with Crippen molar-refractivity contribution in [3.8, 4) is 5.75 Å². The van der Waals surface area contributed by atoms with Gasteiger partial charge in [0, 0.05) is 23.1 Å². The summed E-state index contributed by atoms with van der Waals surface area (Å²) in [5, 5.41) is 20.5. The van der Waals surface area contributed by atoms with Crippen molar-refractivity contribution in [2.75, 3.05) is 40.7 Å². The van der Waals surface area contributed by atoms with Gasteiger partial charge in [0.1, 0.15) is 12.4 Å². The molecule has 0 fully saturated rings. The monoisotopic (exact) mass is 487 g/mol. The van der Waals surface area contributed by atoms with E-state index in [0.717, 1.165) is 16.5 Å². The normalized spacial score (nSPS) is 18.7. The number of benzene rings is 1. The number of ether oxygens (including phenoxy) is 2. The topological polar surface area (TPSA) is 95.4 Å². The number of hydrogen-bond acceptors (Lipinski definition) is 8. The Morgan fingerprint density at radius 2 is 2.09 bits per heavy atom. The molecule has 8 nitrogen and oxygen atoms in total. The molecule has 2 aliphatic heterocycles. The fourth-order valence-corrected chi connectivity index (χ4v) is 4.21. The van der Waals surface area contributed by atoms with Crippen molar-refractivity contribution in [3.05, 3.63) is 52.2 Å². The fraction of sp³-hybridized carbons (Fsp3) is 0.462. The number of halogens is 1. The van der Waals surface area contributed by atoms with Crippen LogP contribution in [0.25, 0.3) is 16.6 Å². The average Bonchev–Trinajstić information content (AvgIpc) is 3.13. The zero-order valence-corrected chi connectivity index (χ0v) is 21.0. The third kappa shape index (κ3) is 5.47. The minimum Gasteiger partial charge on any atom is -0.508 e. The minimum atomic E-state index is -0.846. The van der Waals surface area contributed by atoms with E-state index < -0.39 is 13.0 Å². The number of aromatic hydroxyl groups is 1. The Morgan fingerprint density at radius 3 is 2.74 bits per heavy atom. The van der Waals surface area contributed by atoms with Gasteiger partial charge in [0.2, 0.25) is 0 Å². The molecule has 0 saturated heterocycles. The van der Waals surface area contributed by atoms with Gasteiger partial charge in [-0.1, -0.05) is 13.8 Å². The van der Waals surface area contributed by atoms with E-state index in [2.05, 4.69) is 0 Å². The van der Waals surface area contributed by atoms with Gasteiger partial charge in [-0.2, -0.15) is 0 Å². The van der Waals surface area contributed by atoms with Crippen molar-refractivity contribution in [2.24, 2.45) is 0 Å². The first-order chi connectivity index (χ1) is 16.8. The van der Waals surface area contributed by atoms with Crippen LogP contribution in [0.1, 0.15) is 50.2 Å². The number of carbonyl (C=O) groups is 1. The predicted octanol–water partition coefficient (Wildman–Crippen LogP) is 3.88. The number of phenols is 1.